The van der Waals surface area contributed by atoms with E-state index in [1.807, 2.05) is 6.07 Å². The molecule has 8 heteroatoms. The Balaban J connectivity index is 1.97. The van der Waals surface area contributed by atoms with Crippen molar-refractivity contribution in [3.8, 4) is 11.8 Å². The predicted octanol–water partition coefficient (Wildman–Crippen LogP) is 1.57. The molecular weight excluding hydrogens is 344 g/mol. The van der Waals surface area contributed by atoms with Crippen molar-refractivity contribution in [2.45, 2.75) is 6.92 Å². The molecule has 0 aliphatic rings. The number of hydrazone groups is 1. The van der Waals surface area contributed by atoms with Crippen LogP contribution in [0.2, 0.25) is 0 Å². The molecule has 0 aliphatic heterocycles. The van der Waals surface area contributed by atoms with Crippen LogP contribution < -0.4 is 11.0 Å². The molecule has 0 saturated carbocycles. The lowest BCUT2D eigenvalue weighted by Crippen LogP contribution is -2.31. The molecule has 1 N–H and O–H groups in total. The van der Waals surface area contributed by atoms with Crippen molar-refractivity contribution in [2.75, 3.05) is 0 Å². The first-order valence-electron chi connectivity index (χ1n) is 7.95. The van der Waals surface area contributed by atoms with Crippen molar-refractivity contribution in [3.05, 3.63) is 87.6 Å². The van der Waals surface area contributed by atoms with Gasteiger partial charge in [-0.25, -0.2) is 5.43 Å². The molecule has 0 saturated heterocycles. The zero-order valence-electron chi connectivity index (χ0n) is 14.3. The number of nitrogens with zero attached hydrogens (tertiary/aromatic N) is 5. The van der Waals surface area contributed by atoms with Gasteiger partial charge in [-0.1, -0.05) is 24.3 Å². The van der Waals surface area contributed by atoms with Crippen molar-refractivity contribution in [3.63, 3.8) is 0 Å². The molecule has 1 aromatic carbocycles. The van der Waals surface area contributed by atoms with Crippen LogP contribution >= 0.6 is 0 Å². The van der Waals surface area contributed by atoms with E-state index in [4.69, 9.17) is 0 Å². The monoisotopic (exact) mass is 358 g/mol. The van der Waals surface area contributed by atoms with Crippen LogP contribution in [0.1, 0.15) is 27.3 Å². The van der Waals surface area contributed by atoms with Crippen LogP contribution in [0.3, 0.4) is 0 Å². The van der Waals surface area contributed by atoms with Gasteiger partial charge in [-0.2, -0.15) is 20.1 Å². The molecule has 2 heterocycles. The molecule has 132 valence electrons. The number of nitrogens with one attached hydrogen (secondary N) is 1. The number of hydrogen-bond donors (Lipinski definition) is 1. The number of benzene rings is 1. The number of amides is 1. The molecule has 1 amide bonds. The molecule has 0 fully saturated rings. The zero-order chi connectivity index (χ0) is 19.2. The number of hydrogen-bond acceptors (Lipinski definition) is 6. The van der Waals surface area contributed by atoms with Crippen LogP contribution in [0.4, 0.5) is 0 Å². The summed E-state index contributed by atoms with van der Waals surface area (Å²) in [5.74, 6) is -0.638. The minimum absolute atomic E-state index is 0.0619. The van der Waals surface area contributed by atoms with E-state index in [0.717, 1.165) is 4.68 Å². The third kappa shape index (κ3) is 3.77. The van der Waals surface area contributed by atoms with Crippen LogP contribution in [-0.4, -0.2) is 26.9 Å². The van der Waals surface area contributed by atoms with Crippen LogP contribution in [0.15, 0.2) is 64.6 Å². The summed E-state index contributed by atoms with van der Waals surface area (Å²) in [7, 11) is 0. The molecular formula is C19H14N6O2. The molecule has 27 heavy (non-hydrogen) atoms. The van der Waals surface area contributed by atoms with E-state index in [0.29, 0.717) is 11.4 Å². The average Bonchev–Trinajstić information content (AvgIpc) is 2.70. The van der Waals surface area contributed by atoms with Crippen molar-refractivity contribution >= 4 is 12.1 Å². The Morgan fingerprint density at radius 1 is 1.22 bits per heavy atom. The highest BCUT2D eigenvalue weighted by molar-refractivity contribution is 5.94. The summed E-state index contributed by atoms with van der Waals surface area (Å²) in [5, 5.41) is 17.3. The standard InChI is InChI=1S/C19H14N6O2/c1-13-16(11-20)19(27)25(15-8-3-2-4-9-15)24-17(13)18(26)23-22-12-14-7-5-6-10-21-14/h2-10,12H,1H3,(H,23,26)/b22-12-. The van der Waals surface area contributed by atoms with Gasteiger partial charge in [0.1, 0.15) is 11.6 Å². The van der Waals surface area contributed by atoms with Gasteiger partial charge in [0.05, 0.1) is 17.6 Å². The van der Waals surface area contributed by atoms with Gasteiger partial charge in [-0.3, -0.25) is 14.6 Å². The maximum Gasteiger partial charge on any atom is 0.292 e. The third-order valence-electron chi connectivity index (χ3n) is 3.71. The van der Waals surface area contributed by atoms with E-state index in [9.17, 15) is 14.9 Å². The first kappa shape index (κ1) is 17.7. The number of carbonyl (C=O) groups excluding carboxylic acids is 1. The molecule has 0 unspecified atom stereocenters. The summed E-state index contributed by atoms with van der Waals surface area (Å²) in [6, 6.07) is 15.7. The summed E-state index contributed by atoms with van der Waals surface area (Å²) in [4.78, 5) is 29.0. The van der Waals surface area contributed by atoms with Gasteiger partial charge in [0.15, 0.2) is 5.69 Å². The molecule has 3 aromatic rings. The number of pyridine rings is 1. The topological polar surface area (TPSA) is 113 Å². The van der Waals surface area contributed by atoms with Gasteiger partial charge >= 0.3 is 0 Å². The second-order valence-corrected chi connectivity index (χ2v) is 5.47. The molecule has 2 aromatic heterocycles. The number of nitriles is 1. The lowest BCUT2D eigenvalue weighted by molar-refractivity contribution is 0.0947. The highest BCUT2D eigenvalue weighted by Crippen LogP contribution is 2.10. The maximum absolute atomic E-state index is 12.5. The summed E-state index contributed by atoms with van der Waals surface area (Å²) >= 11 is 0. The van der Waals surface area contributed by atoms with E-state index in [2.05, 4.69) is 20.6 Å². The Kier molecular flexibility index (Phi) is 5.14. The van der Waals surface area contributed by atoms with Crippen LogP contribution in [0.25, 0.3) is 5.69 Å². The maximum atomic E-state index is 12.5. The number of rotatable bonds is 4. The van der Waals surface area contributed by atoms with Crippen LogP contribution in [0, 0.1) is 18.3 Å². The number of carbonyl (C=O) groups is 1. The minimum atomic E-state index is -0.638. The van der Waals surface area contributed by atoms with Gasteiger partial charge in [-0.05, 0) is 31.2 Å². The summed E-state index contributed by atoms with van der Waals surface area (Å²) in [6.07, 6.45) is 2.98. The van der Waals surface area contributed by atoms with Crippen molar-refractivity contribution < 1.29 is 4.79 Å². The first-order valence-corrected chi connectivity index (χ1v) is 7.95. The highest BCUT2D eigenvalue weighted by Gasteiger charge is 2.19. The van der Waals surface area contributed by atoms with Gasteiger partial charge < -0.3 is 0 Å². The SMILES string of the molecule is Cc1c(C(=O)N/N=C\c2ccccn2)nn(-c2ccccc2)c(=O)c1C#N. The summed E-state index contributed by atoms with van der Waals surface area (Å²) < 4.78 is 1.03. The second kappa shape index (κ2) is 7.84. The lowest BCUT2D eigenvalue weighted by Gasteiger charge is -2.10. The Hall–Kier alpha value is -4.12. The smallest absolute Gasteiger partial charge is 0.266 e. The Labute approximate surface area is 154 Å². The fraction of sp³-hybridized carbons (Fsp3) is 0.0526. The quantitative estimate of drug-likeness (QED) is 0.562. The van der Waals surface area contributed by atoms with Crippen LogP contribution in [-0.2, 0) is 0 Å². The van der Waals surface area contributed by atoms with Crippen molar-refractivity contribution in [1.29, 1.82) is 5.26 Å². The summed E-state index contributed by atoms with van der Waals surface area (Å²) in [5.41, 5.74) is 2.75. The first-order chi connectivity index (χ1) is 13.1. The lowest BCUT2D eigenvalue weighted by atomic mass is 10.1. The molecule has 8 nitrogen and oxygen atoms in total. The fourth-order valence-electron chi connectivity index (χ4n) is 2.36. The van der Waals surface area contributed by atoms with E-state index >= 15 is 0 Å². The number of aromatic nitrogens is 3. The van der Waals surface area contributed by atoms with Gasteiger partial charge in [0.2, 0.25) is 0 Å². The number of para-hydroxylation sites is 1. The van der Waals surface area contributed by atoms with E-state index < -0.39 is 11.5 Å². The summed E-state index contributed by atoms with van der Waals surface area (Å²) in [6.45, 7) is 1.50. The average molecular weight is 358 g/mol. The predicted molar refractivity (Wildman–Crippen MR) is 98.6 cm³/mol. The van der Waals surface area contributed by atoms with E-state index in [1.165, 1.54) is 13.1 Å². The molecule has 3 rings (SSSR count). The minimum Gasteiger partial charge on any atom is -0.266 e. The van der Waals surface area contributed by atoms with Crippen molar-refractivity contribution in [1.82, 2.24) is 20.2 Å². The Bertz CT molecular complexity index is 1100. The Morgan fingerprint density at radius 3 is 2.63 bits per heavy atom. The molecule has 0 aliphatic carbocycles. The van der Waals surface area contributed by atoms with Crippen LogP contribution in [0.5, 0.6) is 0 Å². The van der Waals surface area contributed by atoms with E-state index in [-0.39, 0.29) is 16.8 Å². The van der Waals surface area contributed by atoms with Gasteiger partial charge in [0, 0.05) is 11.8 Å². The normalized spacial score (nSPS) is 10.5. The largest absolute Gasteiger partial charge is 0.292 e. The molecule has 0 bridgehead atoms. The Morgan fingerprint density at radius 2 is 1.96 bits per heavy atom. The molecule has 0 spiro atoms. The van der Waals surface area contributed by atoms with Crippen molar-refractivity contribution in [2.24, 2.45) is 5.10 Å². The zero-order valence-corrected chi connectivity index (χ0v) is 14.3. The van der Waals surface area contributed by atoms with Gasteiger partial charge in [-0.15, -0.1) is 0 Å². The van der Waals surface area contributed by atoms with Gasteiger partial charge in [0.25, 0.3) is 11.5 Å². The molecule has 0 radical (unpaired) electrons. The fourth-order valence-corrected chi connectivity index (χ4v) is 2.36. The molecule has 0 atom stereocenters. The highest BCUT2D eigenvalue weighted by atomic mass is 16.2. The third-order valence-corrected chi connectivity index (χ3v) is 3.71. The van der Waals surface area contributed by atoms with E-state index in [1.54, 1.807) is 54.7 Å². The second-order valence-electron chi connectivity index (χ2n) is 5.47.